The highest BCUT2D eigenvalue weighted by Crippen LogP contribution is 2.17. The van der Waals surface area contributed by atoms with Crippen molar-refractivity contribution in [2.45, 2.75) is 26.4 Å². The van der Waals surface area contributed by atoms with Gasteiger partial charge in [-0.25, -0.2) is 4.79 Å². The Kier molecular flexibility index (Phi) is 4.04. The molecule has 5 heteroatoms. The third-order valence-corrected chi connectivity index (χ3v) is 3.21. The maximum absolute atomic E-state index is 11.5. The fraction of sp³-hybridized carbons (Fsp3) is 0.615. The summed E-state index contributed by atoms with van der Waals surface area (Å²) in [4.78, 5) is 13.8. The van der Waals surface area contributed by atoms with Crippen LogP contribution < -0.4 is 5.32 Å². The lowest BCUT2D eigenvalue weighted by Crippen LogP contribution is -2.48. The molecule has 0 aliphatic carbocycles. The molecule has 2 rings (SSSR count). The second-order valence-corrected chi connectivity index (χ2v) is 4.76. The Bertz CT molecular complexity index is 428. The monoisotopic (exact) mass is 252 g/mol. The predicted molar refractivity (Wildman–Crippen MR) is 67.5 cm³/mol. The van der Waals surface area contributed by atoms with Gasteiger partial charge in [-0.2, -0.15) is 0 Å². The molecule has 5 nitrogen and oxygen atoms in total. The Hall–Kier alpha value is -1.33. The molecular weight excluding hydrogens is 232 g/mol. The smallest absolute Gasteiger partial charge is 0.341 e. The fourth-order valence-corrected chi connectivity index (χ4v) is 2.31. The van der Waals surface area contributed by atoms with Crippen LogP contribution in [0.4, 0.5) is 0 Å². The van der Waals surface area contributed by atoms with Crippen molar-refractivity contribution in [3.63, 3.8) is 0 Å². The molecule has 1 aliphatic rings. The maximum atomic E-state index is 11.5. The molecule has 100 valence electrons. The van der Waals surface area contributed by atoms with E-state index in [0.29, 0.717) is 17.4 Å². The molecule has 1 aromatic heterocycles. The van der Waals surface area contributed by atoms with Crippen molar-refractivity contribution in [2.24, 2.45) is 0 Å². The molecule has 0 spiro atoms. The van der Waals surface area contributed by atoms with Crippen molar-refractivity contribution < 1.29 is 13.9 Å². The van der Waals surface area contributed by atoms with Crippen molar-refractivity contribution in [3.05, 3.63) is 23.2 Å². The number of hydrogen-bond donors (Lipinski definition) is 1. The van der Waals surface area contributed by atoms with Crippen LogP contribution in [-0.2, 0) is 11.3 Å². The number of carbonyl (C=O) groups is 1. The molecule has 1 saturated heterocycles. The van der Waals surface area contributed by atoms with E-state index in [0.717, 1.165) is 31.9 Å². The van der Waals surface area contributed by atoms with Crippen molar-refractivity contribution in [3.8, 4) is 0 Å². The van der Waals surface area contributed by atoms with Gasteiger partial charge in [-0.05, 0) is 19.9 Å². The highest BCUT2D eigenvalue weighted by atomic mass is 16.5. The lowest BCUT2D eigenvalue weighted by atomic mass is 10.2. The molecular formula is C13H20N2O3. The first-order valence-electron chi connectivity index (χ1n) is 6.23. The minimum absolute atomic E-state index is 0.337. The summed E-state index contributed by atoms with van der Waals surface area (Å²) in [7, 11) is 1.38. The van der Waals surface area contributed by atoms with Gasteiger partial charge in [0.2, 0.25) is 0 Å². The molecule has 0 aromatic carbocycles. The lowest BCUT2D eigenvalue weighted by molar-refractivity contribution is 0.0599. The quantitative estimate of drug-likeness (QED) is 0.818. The summed E-state index contributed by atoms with van der Waals surface area (Å²) in [5, 5.41) is 3.40. The number of esters is 1. The van der Waals surface area contributed by atoms with Crippen LogP contribution in [0.15, 0.2) is 10.5 Å². The van der Waals surface area contributed by atoms with Crippen molar-refractivity contribution >= 4 is 5.97 Å². The number of aryl methyl sites for hydroxylation is 1. The first-order valence-corrected chi connectivity index (χ1v) is 6.23. The summed E-state index contributed by atoms with van der Waals surface area (Å²) in [6.45, 7) is 7.68. The van der Waals surface area contributed by atoms with Gasteiger partial charge in [-0.3, -0.25) is 4.90 Å². The number of ether oxygens (including phenoxy) is 1. The van der Waals surface area contributed by atoms with Gasteiger partial charge in [-0.1, -0.05) is 0 Å². The number of rotatable bonds is 3. The summed E-state index contributed by atoms with van der Waals surface area (Å²) in [5.41, 5.74) is 0.524. The van der Waals surface area contributed by atoms with Crippen LogP contribution in [0.2, 0.25) is 0 Å². The third-order valence-electron chi connectivity index (χ3n) is 3.21. The van der Waals surface area contributed by atoms with Gasteiger partial charge < -0.3 is 14.5 Å². The molecule has 1 fully saturated rings. The minimum Gasteiger partial charge on any atom is -0.465 e. The third kappa shape index (κ3) is 2.91. The van der Waals surface area contributed by atoms with E-state index in [4.69, 9.17) is 9.15 Å². The fourth-order valence-electron chi connectivity index (χ4n) is 2.31. The lowest BCUT2D eigenvalue weighted by Gasteiger charge is -2.31. The van der Waals surface area contributed by atoms with Crippen molar-refractivity contribution in [1.82, 2.24) is 10.2 Å². The summed E-state index contributed by atoms with van der Waals surface area (Å²) >= 11 is 0. The van der Waals surface area contributed by atoms with Crippen LogP contribution in [0.5, 0.6) is 0 Å². The van der Waals surface area contributed by atoms with E-state index in [1.807, 2.05) is 0 Å². The number of furan rings is 1. The van der Waals surface area contributed by atoms with Crippen LogP contribution in [-0.4, -0.2) is 43.7 Å². The number of hydrogen-bond acceptors (Lipinski definition) is 5. The molecule has 0 bridgehead atoms. The molecule has 18 heavy (non-hydrogen) atoms. The zero-order valence-electron chi connectivity index (χ0n) is 11.2. The van der Waals surface area contributed by atoms with E-state index >= 15 is 0 Å². The van der Waals surface area contributed by atoms with E-state index in [9.17, 15) is 4.79 Å². The number of methoxy groups -OCH3 is 1. The molecule has 1 aliphatic heterocycles. The van der Waals surface area contributed by atoms with Gasteiger partial charge in [0.25, 0.3) is 0 Å². The standard InChI is InChI=1S/C13H20N2O3/c1-9-7-15(5-4-14-9)8-11-6-12(10(2)18-11)13(16)17-3/h6,9,14H,4-5,7-8H2,1-3H3/t9-/m0/s1. The Morgan fingerprint density at radius 3 is 3.11 bits per heavy atom. The second kappa shape index (κ2) is 5.54. The van der Waals surface area contributed by atoms with Gasteiger partial charge in [0.05, 0.1) is 13.7 Å². The largest absolute Gasteiger partial charge is 0.465 e. The Morgan fingerprint density at radius 2 is 2.44 bits per heavy atom. The van der Waals surface area contributed by atoms with Crippen LogP contribution in [0.3, 0.4) is 0 Å². The Labute approximate surface area is 107 Å². The van der Waals surface area contributed by atoms with Crippen molar-refractivity contribution in [2.75, 3.05) is 26.7 Å². The maximum Gasteiger partial charge on any atom is 0.341 e. The molecule has 0 unspecified atom stereocenters. The SMILES string of the molecule is COC(=O)c1cc(CN2CCN[C@@H](C)C2)oc1C. The van der Waals surface area contributed by atoms with Gasteiger partial charge in [0, 0.05) is 25.7 Å². The zero-order chi connectivity index (χ0) is 13.1. The topological polar surface area (TPSA) is 54.7 Å². The second-order valence-electron chi connectivity index (χ2n) is 4.76. The zero-order valence-corrected chi connectivity index (χ0v) is 11.2. The average molecular weight is 252 g/mol. The van der Waals surface area contributed by atoms with Gasteiger partial charge >= 0.3 is 5.97 Å². The molecule has 1 atom stereocenters. The number of piperazine rings is 1. The first kappa shape index (κ1) is 13.1. The van der Waals surface area contributed by atoms with Crippen LogP contribution in [0.1, 0.15) is 28.8 Å². The molecule has 1 N–H and O–H groups in total. The van der Waals surface area contributed by atoms with Gasteiger partial charge in [-0.15, -0.1) is 0 Å². The molecule has 2 heterocycles. The molecule has 0 radical (unpaired) electrons. The summed E-state index contributed by atoms with van der Waals surface area (Å²) in [5.74, 6) is 1.11. The van der Waals surface area contributed by atoms with E-state index in [1.165, 1.54) is 7.11 Å². The summed E-state index contributed by atoms with van der Waals surface area (Å²) < 4.78 is 10.3. The average Bonchev–Trinajstić information content (AvgIpc) is 2.69. The van der Waals surface area contributed by atoms with Crippen molar-refractivity contribution in [1.29, 1.82) is 0 Å². The van der Waals surface area contributed by atoms with Crippen LogP contribution in [0.25, 0.3) is 0 Å². The normalized spacial score (nSPS) is 20.9. The van der Waals surface area contributed by atoms with Crippen LogP contribution in [0, 0.1) is 6.92 Å². The highest BCUT2D eigenvalue weighted by Gasteiger charge is 2.20. The highest BCUT2D eigenvalue weighted by molar-refractivity contribution is 5.90. The van der Waals surface area contributed by atoms with E-state index in [1.54, 1.807) is 13.0 Å². The van der Waals surface area contributed by atoms with Gasteiger partial charge in [0.1, 0.15) is 17.1 Å². The molecule has 1 aromatic rings. The summed E-state index contributed by atoms with van der Waals surface area (Å²) in [6.07, 6.45) is 0. The minimum atomic E-state index is -0.337. The van der Waals surface area contributed by atoms with Gasteiger partial charge in [0.15, 0.2) is 0 Å². The Morgan fingerprint density at radius 1 is 1.67 bits per heavy atom. The van der Waals surface area contributed by atoms with E-state index < -0.39 is 0 Å². The van der Waals surface area contributed by atoms with E-state index in [-0.39, 0.29) is 5.97 Å². The van der Waals surface area contributed by atoms with E-state index in [2.05, 4.69) is 17.1 Å². The number of nitrogens with zero attached hydrogens (tertiary/aromatic N) is 1. The first-order chi connectivity index (χ1) is 8.60. The Balaban J connectivity index is 2.03. The number of nitrogens with one attached hydrogen (secondary N) is 1. The van der Waals surface area contributed by atoms with Crippen LogP contribution >= 0.6 is 0 Å². The predicted octanol–water partition coefficient (Wildman–Crippen LogP) is 1.17. The molecule has 0 saturated carbocycles. The summed E-state index contributed by atoms with van der Waals surface area (Å²) in [6, 6.07) is 2.28. The molecule has 0 amide bonds. The number of carbonyl (C=O) groups excluding carboxylic acids is 1.